The number of carbonyl (C=O) groups excluding carboxylic acids is 1. The van der Waals surface area contributed by atoms with E-state index >= 15 is 0 Å². The Morgan fingerprint density at radius 2 is 2.00 bits per heavy atom. The second-order valence-corrected chi connectivity index (χ2v) is 7.76. The molecule has 1 saturated heterocycles. The van der Waals surface area contributed by atoms with Crippen molar-refractivity contribution in [2.45, 2.75) is 26.5 Å². The highest BCUT2D eigenvalue weighted by Gasteiger charge is 2.33. The molecule has 3 heterocycles. The molecule has 0 bridgehead atoms. The minimum atomic E-state index is -0.0891. The number of fused-ring (bicyclic) bond motifs is 3. The van der Waals surface area contributed by atoms with Crippen LogP contribution in [0.3, 0.4) is 0 Å². The maximum Gasteiger partial charge on any atom is 0.276 e. The Morgan fingerprint density at radius 1 is 1.14 bits per heavy atom. The van der Waals surface area contributed by atoms with Gasteiger partial charge in [0.2, 0.25) is 0 Å². The van der Waals surface area contributed by atoms with Gasteiger partial charge in [-0.3, -0.25) is 4.79 Å². The maximum absolute atomic E-state index is 13.2. The molecular weight excluding hydrogens is 366 g/mol. The summed E-state index contributed by atoms with van der Waals surface area (Å²) in [6.07, 6.45) is 0. The average Bonchev–Trinajstić information content (AvgIpc) is 3.18. The van der Waals surface area contributed by atoms with Gasteiger partial charge >= 0.3 is 0 Å². The first kappa shape index (κ1) is 17.8. The van der Waals surface area contributed by atoms with Crippen LogP contribution >= 0.6 is 0 Å². The summed E-state index contributed by atoms with van der Waals surface area (Å²) >= 11 is 0. The molecule has 3 aromatic rings. The lowest BCUT2D eigenvalue weighted by Crippen LogP contribution is -2.54. The lowest BCUT2D eigenvalue weighted by molar-refractivity contribution is 0.0713. The van der Waals surface area contributed by atoms with Gasteiger partial charge in [0.1, 0.15) is 12.4 Å². The molecule has 1 fully saturated rings. The number of nitrogens with zero attached hydrogens (tertiary/aromatic N) is 3. The first-order chi connectivity index (χ1) is 14.1. The Bertz CT molecular complexity index is 1070. The molecule has 1 unspecified atom stereocenters. The number of ether oxygens (including phenoxy) is 1. The monoisotopic (exact) mass is 389 g/mol. The van der Waals surface area contributed by atoms with Crippen LogP contribution in [0.1, 0.15) is 28.5 Å². The van der Waals surface area contributed by atoms with E-state index < -0.39 is 0 Å². The van der Waals surface area contributed by atoms with Crippen molar-refractivity contribution < 1.29 is 14.1 Å². The van der Waals surface area contributed by atoms with Crippen molar-refractivity contribution in [3.05, 3.63) is 65.4 Å². The fourth-order valence-electron chi connectivity index (χ4n) is 4.23. The summed E-state index contributed by atoms with van der Waals surface area (Å²) in [4.78, 5) is 17.4. The molecule has 29 heavy (non-hydrogen) atoms. The first-order valence-corrected chi connectivity index (χ1v) is 9.95. The summed E-state index contributed by atoms with van der Waals surface area (Å²) in [6.45, 7) is 6.63. The molecular formula is C23H23N3O3. The Kier molecular flexibility index (Phi) is 4.27. The Hall–Kier alpha value is -3.28. The second-order valence-electron chi connectivity index (χ2n) is 7.76. The summed E-state index contributed by atoms with van der Waals surface area (Å²) in [6, 6.07) is 16.4. The molecule has 1 aromatic heterocycles. The second kappa shape index (κ2) is 6.95. The van der Waals surface area contributed by atoms with E-state index in [1.165, 1.54) is 11.3 Å². The van der Waals surface area contributed by atoms with Crippen LogP contribution in [0.5, 0.6) is 5.75 Å². The van der Waals surface area contributed by atoms with Crippen molar-refractivity contribution in [2.24, 2.45) is 0 Å². The largest absolute Gasteiger partial charge is 0.488 e. The molecule has 0 saturated carbocycles. The third-order valence-electron chi connectivity index (χ3n) is 5.74. The van der Waals surface area contributed by atoms with E-state index in [0.29, 0.717) is 31.2 Å². The number of piperazine rings is 1. The van der Waals surface area contributed by atoms with E-state index in [4.69, 9.17) is 9.26 Å². The Morgan fingerprint density at radius 3 is 2.83 bits per heavy atom. The molecule has 6 nitrogen and oxygen atoms in total. The summed E-state index contributed by atoms with van der Waals surface area (Å²) in [5.41, 5.74) is 4.39. The molecule has 2 aliphatic rings. The van der Waals surface area contributed by atoms with Crippen LogP contribution in [-0.2, 0) is 6.61 Å². The maximum atomic E-state index is 13.2. The van der Waals surface area contributed by atoms with Gasteiger partial charge in [0.25, 0.3) is 5.91 Å². The smallest absolute Gasteiger partial charge is 0.276 e. The van der Waals surface area contributed by atoms with E-state index in [1.54, 1.807) is 0 Å². The zero-order valence-electron chi connectivity index (χ0n) is 16.6. The predicted molar refractivity (Wildman–Crippen MR) is 110 cm³/mol. The van der Waals surface area contributed by atoms with E-state index in [1.807, 2.05) is 29.2 Å². The molecule has 1 amide bonds. The van der Waals surface area contributed by atoms with Gasteiger partial charge in [-0.1, -0.05) is 29.4 Å². The standard InChI is InChI=1S/C23H23N3O3/c1-15-6-5-7-17(12-15)26-11-10-25(13-16(26)2)23(27)21-19-14-28-20-9-4-3-8-18(20)22(19)29-24-21/h3-9,12,16H,10-11,13-14H2,1-2H3. The van der Waals surface area contributed by atoms with E-state index in [2.05, 4.69) is 48.2 Å². The van der Waals surface area contributed by atoms with Crippen molar-refractivity contribution in [1.29, 1.82) is 0 Å². The molecule has 148 valence electrons. The van der Waals surface area contributed by atoms with Gasteiger partial charge in [-0.15, -0.1) is 0 Å². The van der Waals surface area contributed by atoms with E-state index in [9.17, 15) is 4.79 Å². The number of anilines is 1. The minimum Gasteiger partial charge on any atom is -0.488 e. The van der Waals surface area contributed by atoms with E-state index in [0.717, 1.165) is 23.4 Å². The number of rotatable bonds is 2. The first-order valence-electron chi connectivity index (χ1n) is 9.95. The van der Waals surface area contributed by atoms with Gasteiger partial charge in [0, 0.05) is 31.4 Å². The highest BCUT2D eigenvalue weighted by atomic mass is 16.5. The van der Waals surface area contributed by atoms with Crippen LogP contribution in [0.15, 0.2) is 53.1 Å². The molecule has 6 heteroatoms. The van der Waals surface area contributed by atoms with Crippen molar-refractivity contribution in [2.75, 3.05) is 24.5 Å². The minimum absolute atomic E-state index is 0.0891. The van der Waals surface area contributed by atoms with Crippen LogP contribution in [0.4, 0.5) is 5.69 Å². The number of amides is 1. The van der Waals surface area contributed by atoms with Gasteiger partial charge in [-0.25, -0.2) is 0 Å². The number of aromatic nitrogens is 1. The number of hydrogen-bond acceptors (Lipinski definition) is 5. The fraction of sp³-hybridized carbons (Fsp3) is 0.304. The zero-order valence-corrected chi connectivity index (χ0v) is 16.6. The number of hydrogen-bond donors (Lipinski definition) is 0. The van der Waals surface area contributed by atoms with Crippen LogP contribution in [0, 0.1) is 6.92 Å². The van der Waals surface area contributed by atoms with Crippen LogP contribution in [0.2, 0.25) is 0 Å². The predicted octanol–water partition coefficient (Wildman–Crippen LogP) is 3.89. The summed E-state index contributed by atoms with van der Waals surface area (Å²) in [7, 11) is 0. The molecule has 0 radical (unpaired) electrons. The third-order valence-corrected chi connectivity index (χ3v) is 5.74. The summed E-state index contributed by atoms with van der Waals surface area (Å²) < 4.78 is 11.4. The van der Waals surface area contributed by atoms with Crippen LogP contribution < -0.4 is 9.64 Å². The molecule has 1 atom stereocenters. The van der Waals surface area contributed by atoms with Crippen molar-refractivity contribution >= 4 is 11.6 Å². The molecule has 2 aliphatic heterocycles. The van der Waals surface area contributed by atoms with Gasteiger partial charge < -0.3 is 19.1 Å². The van der Waals surface area contributed by atoms with Crippen molar-refractivity contribution in [1.82, 2.24) is 10.1 Å². The number of para-hydroxylation sites is 1. The third kappa shape index (κ3) is 3.05. The van der Waals surface area contributed by atoms with Crippen molar-refractivity contribution in [3.63, 3.8) is 0 Å². The zero-order chi connectivity index (χ0) is 20.0. The number of aryl methyl sites for hydroxylation is 1. The lowest BCUT2D eigenvalue weighted by atomic mass is 10.0. The average molecular weight is 389 g/mol. The fourth-order valence-corrected chi connectivity index (χ4v) is 4.23. The molecule has 0 spiro atoms. The summed E-state index contributed by atoms with van der Waals surface area (Å²) in [5, 5.41) is 4.13. The lowest BCUT2D eigenvalue weighted by Gasteiger charge is -2.41. The van der Waals surface area contributed by atoms with Crippen molar-refractivity contribution in [3.8, 4) is 17.1 Å². The van der Waals surface area contributed by atoms with Gasteiger partial charge in [-0.2, -0.15) is 0 Å². The Labute approximate surface area is 169 Å². The van der Waals surface area contributed by atoms with Crippen LogP contribution in [0.25, 0.3) is 11.3 Å². The molecule has 0 N–H and O–H groups in total. The topological polar surface area (TPSA) is 58.8 Å². The normalized spacial score (nSPS) is 18.1. The quantitative estimate of drug-likeness (QED) is 0.665. The SMILES string of the molecule is Cc1cccc(N2CCN(C(=O)c3noc4c3COc3ccccc3-4)CC2C)c1. The van der Waals surface area contributed by atoms with E-state index in [-0.39, 0.29) is 11.9 Å². The highest BCUT2D eigenvalue weighted by Crippen LogP contribution is 2.39. The Balaban J connectivity index is 1.36. The van der Waals surface area contributed by atoms with Gasteiger partial charge in [0.05, 0.1) is 11.1 Å². The molecule has 5 rings (SSSR count). The van der Waals surface area contributed by atoms with Gasteiger partial charge in [0.15, 0.2) is 11.5 Å². The molecule has 0 aliphatic carbocycles. The highest BCUT2D eigenvalue weighted by molar-refractivity contribution is 5.96. The summed E-state index contributed by atoms with van der Waals surface area (Å²) in [5.74, 6) is 1.31. The molecule has 2 aromatic carbocycles. The number of benzene rings is 2. The van der Waals surface area contributed by atoms with Gasteiger partial charge in [-0.05, 0) is 43.7 Å². The van der Waals surface area contributed by atoms with Crippen LogP contribution in [-0.4, -0.2) is 41.6 Å². The number of carbonyl (C=O) groups is 1.